The molecule has 1 aromatic heterocycles. The van der Waals surface area contributed by atoms with Gasteiger partial charge in [-0.1, -0.05) is 42.5 Å². The molecular weight excluding hydrogens is 545 g/mol. The molecule has 0 spiro atoms. The predicted molar refractivity (Wildman–Crippen MR) is 156 cm³/mol. The van der Waals surface area contributed by atoms with E-state index in [0.717, 1.165) is 9.87 Å². The van der Waals surface area contributed by atoms with Crippen LogP contribution in [0.3, 0.4) is 0 Å². The van der Waals surface area contributed by atoms with Gasteiger partial charge in [-0.15, -0.1) is 10.2 Å². The van der Waals surface area contributed by atoms with Crippen LogP contribution in [0.15, 0.2) is 77.2 Å². The predicted octanol–water partition coefficient (Wildman–Crippen LogP) is 4.96. The van der Waals surface area contributed by atoms with E-state index in [4.69, 9.17) is 10.2 Å². The summed E-state index contributed by atoms with van der Waals surface area (Å²) in [5.74, 6) is -0.563. The van der Waals surface area contributed by atoms with Crippen LogP contribution in [0.2, 0.25) is 0 Å². The first-order valence-electron chi connectivity index (χ1n) is 13.1. The van der Waals surface area contributed by atoms with Crippen molar-refractivity contribution in [1.82, 2.24) is 15.5 Å². The van der Waals surface area contributed by atoms with Crippen molar-refractivity contribution < 1.29 is 22.0 Å². The van der Waals surface area contributed by atoms with Gasteiger partial charge in [-0.05, 0) is 75.6 Å². The number of carbonyl (C=O) groups excluding carboxylic acids is 1. The molecule has 3 aromatic carbocycles. The van der Waals surface area contributed by atoms with Crippen LogP contribution in [-0.2, 0) is 22.0 Å². The molecule has 3 N–H and O–H groups in total. The zero-order chi connectivity index (χ0) is 29.9. The quantitative estimate of drug-likeness (QED) is 0.272. The van der Waals surface area contributed by atoms with Gasteiger partial charge in [-0.25, -0.2) is 12.8 Å². The highest BCUT2D eigenvalue weighted by atomic mass is 32.2. The average Bonchev–Trinajstić information content (AvgIpc) is 3.45. The average molecular weight is 580 g/mol. The Morgan fingerprint density at radius 1 is 1.05 bits per heavy atom. The number of hydrogen-bond donors (Lipinski definition) is 2. The van der Waals surface area contributed by atoms with E-state index < -0.39 is 32.8 Å². The van der Waals surface area contributed by atoms with Crippen molar-refractivity contribution in [2.75, 3.05) is 11.4 Å². The number of sulfonamides is 1. The Labute approximate surface area is 239 Å². The molecule has 0 aliphatic heterocycles. The summed E-state index contributed by atoms with van der Waals surface area (Å²) in [5.41, 5.74) is 8.05. The van der Waals surface area contributed by atoms with Gasteiger partial charge in [0.25, 0.3) is 5.91 Å². The van der Waals surface area contributed by atoms with Crippen LogP contribution in [0.25, 0.3) is 11.5 Å². The highest BCUT2D eigenvalue weighted by molar-refractivity contribution is 7.93. The summed E-state index contributed by atoms with van der Waals surface area (Å²) in [5, 5.41) is 10.5. The minimum Gasteiger partial charge on any atom is -0.419 e. The molecule has 0 aliphatic carbocycles. The number of aromatic nitrogens is 2. The number of nitrogens with two attached hydrogens (primary N) is 1. The number of rotatable bonds is 10. The Morgan fingerprint density at radius 3 is 2.34 bits per heavy atom. The molecule has 0 bridgehead atoms. The van der Waals surface area contributed by atoms with Crippen LogP contribution < -0.4 is 15.4 Å². The molecule has 0 radical (unpaired) electrons. The number of anilines is 1. The van der Waals surface area contributed by atoms with Gasteiger partial charge in [-0.3, -0.25) is 9.10 Å². The van der Waals surface area contributed by atoms with Crippen LogP contribution in [0.5, 0.6) is 0 Å². The largest absolute Gasteiger partial charge is 0.419 e. The van der Waals surface area contributed by atoms with Gasteiger partial charge in [0, 0.05) is 18.2 Å². The van der Waals surface area contributed by atoms with Gasteiger partial charge in [-0.2, -0.15) is 0 Å². The van der Waals surface area contributed by atoms with E-state index in [2.05, 4.69) is 15.5 Å². The van der Waals surface area contributed by atoms with Gasteiger partial charge < -0.3 is 15.5 Å². The number of halogens is 1. The molecule has 216 valence electrons. The zero-order valence-electron chi connectivity index (χ0n) is 23.6. The second-order valence-electron chi connectivity index (χ2n) is 10.6. The number of benzene rings is 3. The molecule has 11 heteroatoms. The van der Waals surface area contributed by atoms with Crippen molar-refractivity contribution in [2.45, 2.75) is 50.9 Å². The summed E-state index contributed by atoms with van der Waals surface area (Å²) in [6, 6.07) is 19.6. The first-order valence-corrected chi connectivity index (χ1v) is 14.6. The van der Waals surface area contributed by atoms with E-state index in [1.54, 1.807) is 52.0 Å². The van der Waals surface area contributed by atoms with Crippen molar-refractivity contribution in [3.05, 3.63) is 101 Å². The molecule has 4 aromatic rings. The summed E-state index contributed by atoms with van der Waals surface area (Å²) >= 11 is 0. The van der Waals surface area contributed by atoms with E-state index in [-0.39, 0.29) is 28.8 Å². The normalized spacial score (nSPS) is 14.0. The lowest BCUT2D eigenvalue weighted by Crippen LogP contribution is -2.35. The molecule has 4 rings (SSSR count). The maximum absolute atomic E-state index is 13.4. The summed E-state index contributed by atoms with van der Waals surface area (Å²) in [7, 11) is -2.29. The van der Waals surface area contributed by atoms with Crippen LogP contribution in [0, 0.1) is 5.82 Å². The highest BCUT2D eigenvalue weighted by Crippen LogP contribution is 2.31. The van der Waals surface area contributed by atoms with Crippen LogP contribution in [0.1, 0.15) is 61.1 Å². The molecule has 0 saturated carbocycles. The first-order chi connectivity index (χ1) is 19.3. The second-order valence-corrected chi connectivity index (χ2v) is 13.1. The Hall–Kier alpha value is -4.09. The van der Waals surface area contributed by atoms with E-state index in [1.165, 1.54) is 25.2 Å². The number of carbonyl (C=O) groups is 1. The second kappa shape index (κ2) is 11.8. The van der Waals surface area contributed by atoms with Gasteiger partial charge >= 0.3 is 0 Å². The summed E-state index contributed by atoms with van der Waals surface area (Å²) in [6.07, 6.45) is 0.444. The number of hydrogen-bond acceptors (Lipinski definition) is 7. The molecule has 1 heterocycles. The maximum atomic E-state index is 13.4. The molecule has 0 unspecified atom stereocenters. The van der Waals surface area contributed by atoms with E-state index in [0.29, 0.717) is 17.5 Å². The van der Waals surface area contributed by atoms with Crippen LogP contribution in [0.4, 0.5) is 10.1 Å². The fraction of sp³-hybridized carbons (Fsp3) is 0.300. The third-order valence-corrected chi connectivity index (χ3v) is 8.98. The van der Waals surface area contributed by atoms with Gasteiger partial charge in [0.05, 0.1) is 22.5 Å². The van der Waals surface area contributed by atoms with E-state index in [1.807, 2.05) is 30.3 Å². The third kappa shape index (κ3) is 6.80. The number of amides is 1. The Bertz CT molecular complexity index is 1620. The fourth-order valence-corrected chi connectivity index (χ4v) is 5.32. The van der Waals surface area contributed by atoms with E-state index >= 15 is 0 Å². The van der Waals surface area contributed by atoms with Crippen molar-refractivity contribution in [3.8, 4) is 11.5 Å². The minimum absolute atomic E-state index is 0.0857. The van der Waals surface area contributed by atoms with E-state index in [9.17, 15) is 17.6 Å². The lowest BCUT2D eigenvalue weighted by Gasteiger charge is -2.23. The molecule has 9 nitrogen and oxygen atoms in total. The van der Waals surface area contributed by atoms with Crippen LogP contribution >= 0.6 is 0 Å². The topological polar surface area (TPSA) is 131 Å². The first kappa shape index (κ1) is 29.9. The van der Waals surface area contributed by atoms with Crippen LogP contribution in [-0.4, -0.2) is 36.8 Å². The SMILES string of the molecule is CC(C)S(=O)(=O)N(C)c1cc(C(=O)N[C@H](C)c2ccc(F)cc2)cc(-c2nnc([C@](C)(N)Cc3ccccc3)o2)c1. The van der Waals surface area contributed by atoms with Crippen molar-refractivity contribution in [1.29, 1.82) is 0 Å². The monoisotopic (exact) mass is 579 g/mol. The lowest BCUT2D eigenvalue weighted by atomic mass is 9.94. The molecule has 0 saturated heterocycles. The maximum Gasteiger partial charge on any atom is 0.251 e. The zero-order valence-corrected chi connectivity index (χ0v) is 24.4. The molecule has 41 heavy (non-hydrogen) atoms. The lowest BCUT2D eigenvalue weighted by molar-refractivity contribution is 0.0940. The summed E-state index contributed by atoms with van der Waals surface area (Å²) in [4.78, 5) is 13.4. The standard InChI is InChI=1S/C30H34FN5O4S/c1-19(2)41(38,39)36(5)26-16-23(27(37)33-20(3)22-11-13-25(31)14-12-22)15-24(17-26)28-34-35-29(40-28)30(4,32)18-21-9-7-6-8-10-21/h6-17,19-20H,18,32H2,1-5H3,(H,33,37)/t20-,30-/m1/s1. The Balaban J connectivity index is 1.70. The summed E-state index contributed by atoms with van der Waals surface area (Å²) in [6.45, 7) is 6.70. The van der Waals surface area contributed by atoms with Gasteiger partial charge in [0.15, 0.2) is 0 Å². The van der Waals surface area contributed by atoms with Gasteiger partial charge in [0.1, 0.15) is 5.82 Å². The third-order valence-electron chi connectivity index (χ3n) is 6.81. The molecule has 2 atom stereocenters. The fourth-order valence-electron chi connectivity index (χ4n) is 4.29. The van der Waals surface area contributed by atoms with Gasteiger partial charge in [0.2, 0.25) is 21.8 Å². The molecular formula is C30H34FN5O4S. The molecule has 0 aliphatic rings. The molecule has 0 fully saturated rings. The summed E-state index contributed by atoms with van der Waals surface area (Å²) < 4.78 is 46.5. The highest BCUT2D eigenvalue weighted by Gasteiger charge is 2.30. The van der Waals surface area contributed by atoms with Crippen molar-refractivity contribution in [2.24, 2.45) is 5.73 Å². The number of nitrogens with one attached hydrogen (secondary N) is 1. The number of nitrogens with zero attached hydrogens (tertiary/aromatic N) is 3. The van der Waals surface area contributed by atoms with Crippen molar-refractivity contribution in [3.63, 3.8) is 0 Å². The smallest absolute Gasteiger partial charge is 0.251 e. The van der Waals surface area contributed by atoms with Crippen molar-refractivity contribution >= 4 is 21.6 Å². The molecule has 1 amide bonds. The minimum atomic E-state index is -3.71. The Morgan fingerprint density at radius 2 is 1.71 bits per heavy atom. The Kier molecular flexibility index (Phi) is 8.60.